The lowest BCUT2D eigenvalue weighted by Crippen LogP contribution is -2.36. The molecule has 5 heteroatoms. The Balaban J connectivity index is 1.57. The maximum absolute atomic E-state index is 12.3. The summed E-state index contributed by atoms with van der Waals surface area (Å²) in [4.78, 5) is 24.7. The Bertz CT molecular complexity index is 758. The highest BCUT2D eigenvalue weighted by Crippen LogP contribution is 2.22. The molecule has 130 valence electrons. The summed E-state index contributed by atoms with van der Waals surface area (Å²) in [6.07, 6.45) is 1.13. The van der Waals surface area contributed by atoms with E-state index in [2.05, 4.69) is 6.07 Å². The van der Waals surface area contributed by atoms with Gasteiger partial charge in [-0.3, -0.25) is 4.79 Å². The molecule has 0 spiro atoms. The topological polar surface area (TPSA) is 66.8 Å². The zero-order valence-corrected chi connectivity index (χ0v) is 14.0. The normalized spacial score (nSPS) is 13.2. The van der Waals surface area contributed by atoms with Crippen molar-refractivity contribution in [3.05, 3.63) is 70.8 Å². The third-order valence-corrected chi connectivity index (χ3v) is 4.37. The van der Waals surface area contributed by atoms with Crippen LogP contribution < -0.4 is 0 Å². The molecule has 0 fully saturated rings. The number of carboxylic acid groups (broad SMARTS) is 1. The van der Waals surface area contributed by atoms with E-state index in [1.54, 1.807) is 4.90 Å². The van der Waals surface area contributed by atoms with Crippen LogP contribution in [-0.2, 0) is 35.5 Å². The smallest absolute Gasteiger partial charge is 0.410 e. The van der Waals surface area contributed by atoms with Crippen LogP contribution in [0.3, 0.4) is 0 Å². The summed E-state index contributed by atoms with van der Waals surface area (Å²) < 4.78 is 5.39. The number of rotatable bonds is 5. The van der Waals surface area contributed by atoms with Crippen LogP contribution in [0.4, 0.5) is 4.79 Å². The van der Waals surface area contributed by atoms with Gasteiger partial charge in [0, 0.05) is 19.5 Å². The van der Waals surface area contributed by atoms with E-state index in [4.69, 9.17) is 9.84 Å². The second-order valence-corrected chi connectivity index (χ2v) is 6.21. The zero-order chi connectivity index (χ0) is 17.6. The molecule has 25 heavy (non-hydrogen) atoms. The third-order valence-electron chi connectivity index (χ3n) is 4.37. The van der Waals surface area contributed by atoms with E-state index in [1.165, 1.54) is 5.56 Å². The highest BCUT2D eigenvalue weighted by Gasteiger charge is 2.22. The van der Waals surface area contributed by atoms with Gasteiger partial charge in [-0.25, -0.2) is 4.79 Å². The van der Waals surface area contributed by atoms with Crippen LogP contribution in [0, 0.1) is 0 Å². The van der Waals surface area contributed by atoms with E-state index in [-0.39, 0.29) is 19.1 Å². The highest BCUT2D eigenvalue weighted by atomic mass is 16.6. The van der Waals surface area contributed by atoms with Crippen molar-refractivity contribution in [3.8, 4) is 0 Å². The first kappa shape index (κ1) is 17.0. The van der Waals surface area contributed by atoms with Gasteiger partial charge in [0.2, 0.25) is 0 Å². The fourth-order valence-electron chi connectivity index (χ4n) is 2.98. The number of nitrogens with zero attached hydrogens (tertiary/aromatic N) is 1. The van der Waals surface area contributed by atoms with Gasteiger partial charge in [-0.05, 0) is 35.1 Å². The molecule has 1 amide bonds. The molecule has 0 radical (unpaired) electrons. The molecule has 0 bridgehead atoms. The minimum Gasteiger partial charge on any atom is -0.481 e. The van der Waals surface area contributed by atoms with Gasteiger partial charge in [0.15, 0.2) is 0 Å². The van der Waals surface area contributed by atoms with E-state index in [1.807, 2.05) is 42.5 Å². The molecule has 0 aliphatic carbocycles. The van der Waals surface area contributed by atoms with Crippen molar-refractivity contribution >= 4 is 12.1 Å². The van der Waals surface area contributed by atoms with Crippen LogP contribution in [0.5, 0.6) is 0 Å². The molecule has 2 aromatic rings. The number of fused-ring (bicyclic) bond motifs is 1. The van der Waals surface area contributed by atoms with E-state index >= 15 is 0 Å². The van der Waals surface area contributed by atoms with Crippen molar-refractivity contribution in [2.45, 2.75) is 32.4 Å². The Morgan fingerprint density at radius 3 is 2.60 bits per heavy atom. The van der Waals surface area contributed by atoms with Gasteiger partial charge in [-0.2, -0.15) is 0 Å². The van der Waals surface area contributed by atoms with Crippen LogP contribution in [-0.4, -0.2) is 28.6 Å². The quantitative estimate of drug-likeness (QED) is 0.907. The Kier molecular flexibility index (Phi) is 5.33. The van der Waals surface area contributed by atoms with Gasteiger partial charge < -0.3 is 14.7 Å². The summed E-state index contributed by atoms with van der Waals surface area (Å²) >= 11 is 0. The first-order chi connectivity index (χ1) is 12.1. The fourth-order valence-corrected chi connectivity index (χ4v) is 2.98. The fraction of sp³-hybridized carbons (Fsp3) is 0.300. The van der Waals surface area contributed by atoms with Crippen LogP contribution in [0.1, 0.15) is 28.7 Å². The standard InChI is InChI=1S/C20H21NO4/c22-19(23)9-7-15-6-8-18-13-21(11-10-17(18)12-15)20(24)25-14-16-4-2-1-3-5-16/h1-6,8,12H,7,9-11,13-14H2,(H,22,23). The number of amides is 1. The Morgan fingerprint density at radius 2 is 1.84 bits per heavy atom. The third kappa shape index (κ3) is 4.59. The number of carboxylic acids is 1. The average Bonchev–Trinajstić information content (AvgIpc) is 2.64. The van der Waals surface area contributed by atoms with Crippen LogP contribution in [0.15, 0.2) is 48.5 Å². The molecule has 5 nitrogen and oxygen atoms in total. The molecule has 0 atom stereocenters. The first-order valence-corrected chi connectivity index (χ1v) is 8.40. The van der Waals surface area contributed by atoms with Crippen LogP contribution in [0.25, 0.3) is 0 Å². The van der Waals surface area contributed by atoms with Crippen molar-refractivity contribution in [2.75, 3.05) is 6.54 Å². The Hall–Kier alpha value is -2.82. The molecule has 2 aromatic carbocycles. The molecule has 0 saturated heterocycles. The summed E-state index contributed by atoms with van der Waals surface area (Å²) in [7, 11) is 0. The minimum atomic E-state index is -0.787. The number of carbonyl (C=O) groups is 2. The molecule has 0 aromatic heterocycles. The molecule has 0 saturated carbocycles. The molecular weight excluding hydrogens is 318 g/mol. The average molecular weight is 339 g/mol. The van der Waals surface area contributed by atoms with E-state index in [9.17, 15) is 9.59 Å². The number of aryl methyl sites for hydroxylation is 1. The van der Waals surface area contributed by atoms with Crippen molar-refractivity contribution in [2.24, 2.45) is 0 Å². The predicted molar refractivity (Wildman–Crippen MR) is 93.1 cm³/mol. The van der Waals surface area contributed by atoms with Crippen molar-refractivity contribution in [1.82, 2.24) is 4.90 Å². The number of carbonyl (C=O) groups excluding carboxylic acids is 1. The molecule has 1 N–H and O–H groups in total. The number of hydrogen-bond acceptors (Lipinski definition) is 3. The van der Waals surface area contributed by atoms with Gasteiger partial charge in [-0.15, -0.1) is 0 Å². The van der Waals surface area contributed by atoms with Crippen LogP contribution >= 0.6 is 0 Å². The predicted octanol–water partition coefficient (Wildman–Crippen LogP) is 3.40. The van der Waals surface area contributed by atoms with Gasteiger partial charge in [0.1, 0.15) is 6.61 Å². The number of aliphatic carboxylic acids is 1. The molecule has 1 heterocycles. The monoisotopic (exact) mass is 339 g/mol. The largest absolute Gasteiger partial charge is 0.481 e. The summed E-state index contributed by atoms with van der Waals surface area (Å²) in [5, 5.41) is 8.78. The molecule has 1 aliphatic rings. The lowest BCUT2D eigenvalue weighted by molar-refractivity contribution is -0.136. The molecular formula is C20H21NO4. The van der Waals surface area contributed by atoms with E-state index < -0.39 is 5.97 Å². The van der Waals surface area contributed by atoms with Crippen LogP contribution in [0.2, 0.25) is 0 Å². The maximum atomic E-state index is 12.3. The van der Waals surface area contributed by atoms with Gasteiger partial charge in [0.05, 0.1) is 0 Å². The van der Waals surface area contributed by atoms with Crippen molar-refractivity contribution in [1.29, 1.82) is 0 Å². The second kappa shape index (κ2) is 7.83. The first-order valence-electron chi connectivity index (χ1n) is 8.40. The Morgan fingerprint density at radius 1 is 1.04 bits per heavy atom. The molecule has 0 unspecified atom stereocenters. The number of ether oxygens (including phenoxy) is 1. The van der Waals surface area contributed by atoms with Gasteiger partial charge in [-0.1, -0.05) is 48.5 Å². The summed E-state index contributed by atoms with van der Waals surface area (Å²) in [5.74, 6) is -0.787. The SMILES string of the molecule is O=C(O)CCc1ccc2c(c1)CCN(C(=O)OCc1ccccc1)C2. The second-order valence-electron chi connectivity index (χ2n) is 6.21. The summed E-state index contributed by atoms with van der Waals surface area (Å²) in [6, 6.07) is 15.6. The van der Waals surface area contributed by atoms with E-state index in [0.29, 0.717) is 19.5 Å². The number of hydrogen-bond donors (Lipinski definition) is 1. The maximum Gasteiger partial charge on any atom is 0.410 e. The summed E-state index contributed by atoms with van der Waals surface area (Å²) in [5.41, 5.74) is 4.29. The minimum absolute atomic E-state index is 0.136. The molecule has 1 aliphatic heterocycles. The number of benzene rings is 2. The lowest BCUT2D eigenvalue weighted by Gasteiger charge is -2.28. The van der Waals surface area contributed by atoms with Gasteiger partial charge >= 0.3 is 12.1 Å². The van der Waals surface area contributed by atoms with E-state index in [0.717, 1.165) is 23.1 Å². The Labute approximate surface area is 146 Å². The van der Waals surface area contributed by atoms with Crippen molar-refractivity contribution < 1.29 is 19.4 Å². The highest BCUT2D eigenvalue weighted by molar-refractivity contribution is 5.68. The van der Waals surface area contributed by atoms with Gasteiger partial charge in [0.25, 0.3) is 0 Å². The lowest BCUT2D eigenvalue weighted by atomic mass is 9.96. The van der Waals surface area contributed by atoms with Crippen molar-refractivity contribution in [3.63, 3.8) is 0 Å². The summed E-state index contributed by atoms with van der Waals surface area (Å²) in [6.45, 7) is 1.42. The molecule has 3 rings (SSSR count). The zero-order valence-electron chi connectivity index (χ0n) is 14.0.